The lowest BCUT2D eigenvalue weighted by molar-refractivity contribution is 0.628. The van der Waals surface area contributed by atoms with Gasteiger partial charge in [-0.3, -0.25) is 4.79 Å². The van der Waals surface area contributed by atoms with Gasteiger partial charge in [-0.15, -0.1) is 11.3 Å². The molecule has 1 N–H and O–H groups in total. The van der Waals surface area contributed by atoms with Crippen molar-refractivity contribution >= 4 is 21.6 Å². The number of benzene rings is 2. The van der Waals surface area contributed by atoms with Gasteiger partial charge in [0.2, 0.25) is 0 Å². The molecular formula is C21H17FN2OS. The second kappa shape index (κ2) is 6.50. The molecule has 0 amide bonds. The van der Waals surface area contributed by atoms with Gasteiger partial charge >= 0.3 is 0 Å². The number of thiophene rings is 1. The van der Waals surface area contributed by atoms with E-state index in [0.717, 1.165) is 21.6 Å². The molecule has 0 atom stereocenters. The smallest absolute Gasteiger partial charge is 0.260 e. The summed E-state index contributed by atoms with van der Waals surface area (Å²) in [5.74, 6) is 0.363. The molecule has 4 rings (SSSR count). The molecule has 0 radical (unpaired) electrons. The molecule has 0 saturated heterocycles. The van der Waals surface area contributed by atoms with Crippen molar-refractivity contribution in [3.63, 3.8) is 0 Å². The molecule has 0 fully saturated rings. The number of H-pyrrole nitrogens is 1. The largest absolute Gasteiger partial charge is 0.310 e. The van der Waals surface area contributed by atoms with Gasteiger partial charge in [0.25, 0.3) is 5.56 Å². The summed E-state index contributed by atoms with van der Waals surface area (Å²) in [6, 6.07) is 14.3. The van der Waals surface area contributed by atoms with Crippen molar-refractivity contribution in [2.75, 3.05) is 0 Å². The van der Waals surface area contributed by atoms with Crippen LogP contribution in [0, 0.1) is 19.7 Å². The molecule has 5 heteroatoms. The molecule has 0 aliphatic rings. The third-order valence-corrected chi connectivity index (χ3v) is 5.54. The van der Waals surface area contributed by atoms with Gasteiger partial charge in [-0.1, -0.05) is 36.4 Å². The van der Waals surface area contributed by atoms with Crippen molar-refractivity contribution in [3.05, 3.63) is 86.5 Å². The molecule has 0 bridgehead atoms. The van der Waals surface area contributed by atoms with Crippen LogP contribution in [0.5, 0.6) is 0 Å². The quantitative estimate of drug-likeness (QED) is 0.556. The number of nitrogens with one attached hydrogen (secondary N) is 1. The molecule has 0 aliphatic heterocycles. The Morgan fingerprint density at radius 1 is 1.08 bits per heavy atom. The predicted octanol–water partition coefficient (Wildman–Crippen LogP) is 5.00. The summed E-state index contributed by atoms with van der Waals surface area (Å²) >= 11 is 1.50. The highest BCUT2D eigenvalue weighted by atomic mass is 32.1. The summed E-state index contributed by atoms with van der Waals surface area (Å²) < 4.78 is 13.2. The number of halogens is 1. The number of rotatable bonds is 3. The first-order valence-corrected chi connectivity index (χ1v) is 9.17. The molecule has 0 aliphatic carbocycles. The minimum absolute atomic E-state index is 0.151. The molecule has 26 heavy (non-hydrogen) atoms. The fraction of sp³-hybridized carbons (Fsp3) is 0.143. The van der Waals surface area contributed by atoms with Crippen LogP contribution in [0.25, 0.3) is 21.3 Å². The number of aryl methyl sites for hydroxylation is 2. The molecular weight excluding hydrogens is 347 g/mol. The average Bonchev–Trinajstić information content (AvgIpc) is 2.94. The summed E-state index contributed by atoms with van der Waals surface area (Å²) in [4.78, 5) is 22.1. The number of aromatic amines is 1. The van der Waals surface area contributed by atoms with Crippen molar-refractivity contribution in [3.8, 4) is 11.1 Å². The molecule has 4 aromatic rings. The first kappa shape index (κ1) is 16.7. The van der Waals surface area contributed by atoms with Crippen LogP contribution in [0.15, 0.2) is 53.3 Å². The summed E-state index contributed by atoms with van der Waals surface area (Å²) in [6.45, 7) is 4.01. The van der Waals surface area contributed by atoms with Gasteiger partial charge in [-0.05, 0) is 42.7 Å². The fourth-order valence-electron chi connectivity index (χ4n) is 3.20. The maximum absolute atomic E-state index is 13.2. The highest BCUT2D eigenvalue weighted by Crippen LogP contribution is 2.35. The van der Waals surface area contributed by atoms with Gasteiger partial charge in [0.05, 0.1) is 5.39 Å². The van der Waals surface area contributed by atoms with Gasteiger partial charge < -0.3 is 4.98 Å². The highest BCUT2D eigenvalue weighted by molar-refractivity contribution is 7.19. The first-order valence-electron chi connectivity index (χ1n) is 8.35. The van der Waals surface area contributed by atoms with E-state index in [1.165, 1.54) is 29.0 Å². The second-order valence-electron chi connectivity index (χ2n) is 6.34. The van der Waals surface area contributed by atoms with Crippen LogP contribution in [0.4, 0.5) is 4.39 Å². The van der Waals surface area contributed by atoms with E-state index in [9.17, 15) is 9.18 Å². The molecule has 0 saturated carbocycles. The lowest BCUT2D eigenvalue weighted by Crippen LogP contribution is -2.12. The minimum atomic E-state index is -0.293. The third-order valence-electron chi connectivity index (χ3n) is 4.54. The van der Waals surface area contributed by atoms with E-state index in [0.29, 0.717) is 22.5 Å². The van der Waals surface area contributed by atoms with Crippen LogP contribution < -0.4 is 5.56 Å². The Labute approximate surface area is 154 Å². The summed E-state index contributed by atoms with van der Waals surface area (Å²) in [5.41, 5.74) is 3.82. The van der Waals surface area contributed by atoms with Crippen LogP contribution in [0.1, 0.15) is 21.8 Å². The first-order chi connectivity index (χ1) is 12.5. The monoisotopic (exact) mass is 364 g/mol. The van der Waals surface area contributed by atoms with E-state index in [1.54, 1.807) is 12.1 Å². The zero-order valence-electron chi connectivity index (χ0n) is 14.5. The highest BCUT2D eigenvalue weighted by Gasteiger charge is 2.17. The van der Waals surface area contributed by atoms with Crippen LogP contribution in [-0.2, 0) is 6.42 Å². The maximum Gasteiger partial charge on any atom is 0.260 e. The van der Waals surface area contributed by atoms with E-state index in [1.807, 2.05) is 38.1 Å². The fourth-order valence-corrected chi connectivity index (χ4v) is 4.26. The average molecular weight is 364 g/mol. The Morgan fingerprint density at radius 2 is 1.81 bits per heavy atom. The summed E-state index contributed by atoms with van der Waals surface area (Å²) in [5, 5.41) is 0.577. The van der Waals surface area contributed by atoms with Crippen molar-refractivity contribution in [2.45, 2.75) is 20.3 Å². The summed E-state index contributed by atoms with van der Waals surface area (Å²) in [7, 11) is 0. The van der Waals surface area contributed by atoms with Gasteiger partial charge in [0.15, 0.2) is 0 Å². The van der Waals surface area contributed by atoms with E-state index >= 15 is 0 Å². The molecule has 3 nitrogen and oxygen atoms in total. The maximum atomic E-state index is 13.2. The molecule has 2 aromatic heterocycles. The van der Waals surface area contributed by atoms with E-state index < -0.39 is 0 Å². The number of hydrogen-bond acceptors (Lipinski definition) is 3. The Kier molecular flexibility index (Phi) is 4.17. The molecule has 2 aromatic carbocycles. The van der Waals surface area contributed by atoms with Crippen molar-refractivity contribution in [1.82, 2.24) is 9.97 Å². The van der Waals surface area contributed by atoms with Gasteiger partial charge in [0, 0.05) is 16.9 Å². The predicted molar refractivity (Wildman–Crippen MR) is 104 cm³/mol. The molecule has 0 unspecified atom stereocenters. The Bertz CT molecular complexity index is 1160. The van der Waals surface area contributed by atoms with E-state index in [2.05, 4.69) is 9.97 Å². The lowest BCUT2D eigenvalue weighted by atomic mass is 10.0. The van der Waals surface area contributed by atoms with Crippen molar-refractivity contribution in [2.24, 2.45) is 0 Å². The van der Waals surface area contributed by atoms with Crippen LogP contribution in [0.2, 0.25) is 0 Å². The van der Waals surface area contributed by atoms with Crippen molar-refractivity contribution in [1.29, 1.82) is 0 Å². The minimum Gasteiger partial charge on any atom is -0.310 e. The van der Waals surface area contributed by atoms with Gasteiger partial charge in [-0.2, -0.15) is 0 Å². The van der Waals surface area contributed by atoms with Crippen molar-refractivity contribution < 1.29 is 4.39 Å². The third kappa shape index (κ3) is 2.95. The number of aromatic nitrogens is 2. The van der Waals surface area contributed by atoms with Crippen LogP contribution >= 0.6 is 11.3 Å². The van der Waals surface area contributed by atoms with E-state index in [4.69, 9.17) is 0 Å². The van der Waals surface area contributed by atoms with Gasteiger partial charge in [0.1, 0.15) is 16.5 Å². The van der Waals surface area contributed by atoms with Crippen LogP contribution in [0.3, 0.4) is 0 Å². The number of nitrogens with zero attached hydrogens (tertiary/aromatic N) is 1. The zero-order chi connectivity index (χ0) is 18.3. The van der Waals surface area contributed by atoms with Crippen LogP contribution in [-0.4, -0.2) is 9.97 Å². The Hall–Kier alpha value is -2.79. The Morgan fingerprint density at radius 3 is 2.54 bits per heavy atom. The second-order valence-corrected chi connectivity index (χ2v) is 7.54. The lowest BCUT2D eigenvalue weighted by Gasteiger charge is -2.05. The molecule has 2 heterocycles. The normalized spacial score (nSPS) is 11.2. The standard InChI is InChI=1S/C21H17FN2OS/c1-12-5-3-4-6-15(12)11-17-23-20(25)19-18(13(2)26-21(19)24-17)14-7-9-16(22)10-8-14/h3-10H,11H2,1-2H3,(H,23,24,25). The SMILES string of the molecule is Cc1ccccc1Cc1nc2sc(C)c(-c3ccc(F)cc3)c2c(=O)[nH]1. The van der Waals surface area contributed by atoms with E-state index in [-0.39, 0.29) is 11.4 Å². The number of hydrogen-bond donors (Lipinski definition) is 1. The summed E-state index contributed by atoms with van der Waals surface area (Å²) in [6.07, 6.45) is 0.584. The molecule has 0 spiro atoms. The zero-order valence-corrected chi connectivity index (χ0v) is 15.3. The topological polar surface area (TPSA) is 45.8 Å². The number of fused-ring (bicyclic) bond motifs is 1. The Balaban J connectivity index is 1.83. The molecule has 130 valence electrons. The van der Waals surface area contributed by atoms with Gasteiger partial charge in [-0.25, -0.2) is 9.37 Å².